The predicted octanol–water partition coefficient (Wildman–Crippen LogP) is 3.95. The van der Waals surface area contributed by atoms with Gasteiger partial charge in [-0.1, -0.05) is 34.3 Å². The second kappa shape index (κ2) is 6.81. The monoisotopic (exact) mass is 316 g/mol. The Hall–Kier alpha value is -1.71. The first kappa shape index (κ1) is 17.6. The van der Waals surface area contributed by atoms with Gasteiger partial charge < -0.3 is 16.0 Å². The number of piperidine rings is 1. The Bertz CT molecular complexity index is 537. The van der Waals surface area contributed by atoms with Crippen LogP contribution in [-0.2, 0) is 0 Å². The lowest BCUT2D eigenvalue weighted by Crippen LogP contribution is -2.53. The predicted molar refractivity (Wildman–Crippen MR) is 99.5 cm³/mol. The third kappa shape index (κ3) is 4.63. The second-order valence-corrected chi connectivity index (χ2v) is 7.99. The minimum absolute atomic E-state index is 0.163. The molecule has 1 fully saturated rings. The highest BCUT2D eigenvalue weighted by molar-refractivity contribution is 5.63. The molecule has 1 aromatic rings. The molecule has 2 rings (SSSR count). The highest BCUT2D eigenvalue weighted by atomic mass is 15.2. The fourth-order valence-corrected chi connectivity index (χ4v) is 3.48. The Labute approximate surface area is 141 Å². The number of nitrogens with one attached hydrogen (secondary N) is 1. The summed E-state index contributed by atoms with van der Waals surface area (Å²) in [6.07, 6.45) is 6.07. The summed E-state index contributed by atoms with van der Waals surface area (Å²) in [5.74, 6) is 0.626. The van der Waals surface area contributed by atoms with Crippen molar-refractivity contribution in [2.24, 2.45) is 5.41 Å². The summed E-state index contributed by atoms with van der Waals surface area (Å²) >= 11 is 0. The average Bonchev–Trinajstić information content (AvgIpc) is 2.47. The average molecular weight is 316 g/mol. The number of pyridine rings is 1. The molecule has 3 N–H and O–H groups in total. The van der Waals surface area contributed by atoms with E-state index in [-0.39, 0.29) is 11.0 Å². The second-order valence-electron chi connectivity index (χ2n) is 7.99. The molecule has 2 heterocycles. The van der Waals surface area contributed by atoms with Gasteiger partial charge in [0.1, 0.15) is 5.82 Å². The smallest absolute Gasteiger partial charge is 0.146 e. The zero-order valence-corrected chi connectivity index (χ0v) is 15.2. The minimum atomic E-state index is 0.163. The topological polar surface area (TPSA) is 54.2 Å². The number of nitrogens with zero attached hydrogens (tertiary/aromatic N) is 2. The van der Waals surface area contributed by atoms with Gasteiger partial charge in [-0.25, -0.2) is 4.98 Å². The van der Waals surface area contributed by atoms with Crippen molar-refractivity contribution in [1.82, 2.24) is 10.3 Å². The first-order chi connectivity index (χ1) is 10.7. The van der Waals surface area contributed by atoms with E-state index in [9.17, 15) is 0 Å². The maximum atomic E-state index is 6.02. The molecule has 4 nitrogen and oxygen atoms in total. The third-order valence-corrected chi connectivity index (χ3v) is 4.74. The van der Waals surface area contributed by atoms with Crippen LogP contribution in [0.25, 0.3) is 0 Å². The molecule has 0 unspecified atom stereocenters. The molecule has 0 atom stereocenters. The number of hydrogen-bond acceptors (Lipinski definition) is 4. The molecule has 0 saturated carbocycles. The van der Waals surface area contributed by atoms with Gasteiger partial charge in [0, 0.05) is 30.5 Å². The van der Waals surface area contributed by atoms with Crippen LogP contribution < -0.4 is 16.0 Å². The van der Waals surface area contributed by atoms with Gasteiger partial charge in [0.15, 0.2) is 0 Å². The zero-order chi connectivity index (χ0) is 17.1. The Kier molecular flexibility index (Phi) is 5.23. The molecule has 0 aliphatic carbocycles. The van der Waals surface area contributed by atoms with Crippen LogP contribution in [0.3, 0.4) is 0 Å². The summed E-state index contributed by atoms with van der Waals surface area (Å²) in [5, 5.41) is 3.76. The standard InChI is InChI=1S/C19H32N4/c1-6-19(22-15(2)14-18(3,4)5)9-12-23(13-10-19)16-8-7-11-21-17(16)20/h7-8,11,22H,2,6,9-10,12-14H2,1,3-5H3,(H2,20,21). The maximum absolute atomic E-state index is 6.02. The summed E-state index contributed by atoms with van der Waals surface area (Å²) in [7, 11) is 0. The van der Waals surface area contributed by atoms with Gasteiger partial charge in [0.2, 0.25) is 0 Å². The largest absolute Gasteiger partial charge is 0.383 e. The third-order valence-electron chi connectivity index (χ3n) is 4.74. The van der Waals surface area contributed by atoms with Crippen LogP contribution in [0.5, 0.6) is 0 Å². The fraction of sp³-hybridized carbons (Fsp3) is 0.632. The summed E-state index contributed by atoms with van der Waals surface area (Å²) in [6.45, 7) is 15.3. The SMILES string of the molecule is C=C(CC(C)(C)C)NC1(CC)CCN(c2cccnc2N)CC1. The van der Waals surface area contributed by atoms with E-state index in [0.29, 0.717) is 5.82 Å². The van der Waals surface area contributed by atoms with E-state index < -0.39 is 0 Å². The first-order valence-corrected chi connectivity index (χ1v) is 8.66. The molecule has 0 bridgehead atoms. The van der Waals surface area contributed by atoms with Crippen molar-refractivity contribution in [3.8, 4) is 0 Å². The van der Waals surface area contributed by atoms with E-state index in [4.69, 9.17) is 5.73 Å². The first-order valence-electron chi connectivity index (χ1n) is 8.66. The molecule has 0 aromatic carbocycles. The van der Waals surface area contributed by atoms with E-state index in [0.717, 1.165) is 50.2 Å². The van der Waals surface area contributed by atoms with Crippen LogP contribution in [-0.4, -0.2) is 23.6 Å². The molecular weight excluding hydrogens is 284 g/mol. The molecule has 1 aromatic heterocycles. The van der Waals surface area contributed by atoms with Crippen molar-refractivity contribution in [3.05, 3.63) is 30.6 Å². The van der Waals surface area contributed by atoms with Crippen molar-refractivity contribution < 1.29 is 0 Å². The van der Waals surface area contributed by atoms with Crippen LogP contribution in [0.1, 0.15) is 53.4 Å². The lowest BCUT2D eigenvalue weighted by molar-refractivity contribution is 0.259. The quantitative estimate of drug-likeness (QED) is 0.863. The number of nitrogen functional groups attached to an aromatic ring is 1. The van der Waals surface area contributed by atoms with Crippen molar-refractivity contribution in [3.63, 3.8) is 0 Å². The number of aromatic nitrogens is 1. The van der Waals surface area contributed by atoms with E-state index in [2.05, 4.69) is 55.5 Å². The summed E-state index contributed by atoms with van der Waals surface area (Å²) < 4.78 is 0. The molecular formula is C19H32N4. The van der Waals surface area contributed by atoms with E-state index in [1.165, 1.54) is 0 Å². The van der Waals surface area contributed by atoms with Crippen LogP contribution in [0.4, 0.5) is 11.5 Å². The van der Waals surface area contributed by atoms with Crippen molar-refractivity contribution in [1.29, 1.82) is 0 Å². The molecule has 0 radical (unpaired) electrons. The van der Waals surface area contributed by atoms with Crippen LogP contribution in [0, 0.1) is 5.41 Å². The lowest BCUT2D eigenvalue weighted by Gasteiger charge is -2.44. The molecule has 0 spiro atoms. The van der Waals surface area contributed by atoms with Crippen molar-refractivity contribution in [2.75, 3.05) is 23.7 Å². The Balaban J connectivity index is 1.99. The molecule has 23 heavy (non-hydrogen) atoms. The Morgan fingerprint density at radius 1 is 1.39 bits per heavy atom. The van der Waals surface area contributed by atoms with Gasteiger partial charge in [-0.05, 0) is 43.2 Å². The molecule has 1 aliphatic heterocycles. The number of hydrogen-bond donors (Lipinski definition) is 2. The van der Waals surface area contributed by atoms with Crippen LogP contribution >= 0.6 is 0 Å². The number of nitrogens with two attached hydrogens (primary N) is 1. The van der Waals surface area contributed by atoms with Gasteiger partial charge in [-0.3, -0.25) is 0 Å². The highest BCUT2D eigenvalue weighted by Crippen LogP contribution is 2.32. The molecule has 0 amide bonds. The summed E-state index contributed by atoms with van der Waals surface area (Å²) in [4.78, 5) is 6.56. The molecule has 1 aliphatic rings. The fourth-order valence-electron chi connectivity index (χ4n) is 3.48. The molecule has 1 saturated heterocycles. The van der Waals surface area contributed by atoms with Gasteiger partial charge in [0.05, 0.1) is 5.69 Å². The van der Waals surface area contributed by atoms with Gasteiger partial charge in [-0.2, -0.15) is 0 Å². The number of rotatable bonds is 5. The van der Waals surface area contributed by atoms with Crippen LogP contribution in [0.15, 0.2) is 30.6 Å². The lowest BCUT2D eigenvalue weighted by atomic mass is 9.83. The van der Waals surface area contributed by atoms with Gasteiger partial charge in [-0.15, -0.1) is 0 Å². The summed E-state index contributed by atoms with van der Waals surface area (Å²) in [6, 6.07) is 4.02. The Morgan fingerprint density at radius 2 is 2.04 bits per heavy atom. The molecule has 4 heteroatoms. The highest BCUT2D eigenvalue weighted by Gasteiger charge is 2.34. The van der Waals surface area contributed by atoms with Gasteiger partial charge in [0.25, 0.3) is 0 Å². The molecule has 128 valence electrons. The number of anilines is 2. The van der Waals surface area contributed by atoms with E-state index in [1.807, 2.05) is 6.07 Å². The van der Waals surface area contributed by atoms with E-state index in [1.54, 1.807) is 6.20 Å². The van der Waals surface area contributed by atoms with Crippen LogP contribution in [0.2, 0.25) is 0 Å². The minimum Gasteiger partial charge on any atom is -0.383 e. The maximum Gasteiger partial charge on any atom is 0.146 e. The van der Waals surface area contributed by atoms with E-state index >= 15 is 0 Å². The van der Waals surface area contributed by atoms with Crippen molar-refractivity contribution >= 4 is 11.5 Å². The Morgan fingerprint density at radius 3 is 2.57 bits per heavy atom. The van der Waals surface area contributed by atoms with Crippen molar-refractivity contribution in [2.45, 2.75) is 58.9 Å². The summed E-state index contributed by atoms with van der Waals surface area (Å²) in [5.41, 5.74) is 8.67. The number of allylic oxidation sites excluding steroid dienone is 1. The normalized spacial score (nSPS) is 17.8. The zero-order valence-electron chi connectivity index (χ0n) is 15.2. The van der Waals surface area contributed by atoms with Gasteiger partial charge >= 0.3 is 0 Å².